The van der Waals surface area contributed by atoms with Crippen molar-refractivity contribution in [2.75, 3.05) is 19.6 Å². The Hall–Kier alpha value is -2.75. The highest BCUT2D eigenvalue weighted by Gasteiger charge is 2.24. The fraction of sp³-hybridized carbons (Fsp3) is 0.406. The summed E-state index contributed by atoms with van der Waals surface area (Å²) in [4.78, 5) is 15.1. The molecule has 0 amide bonds. The van der Waals surface area contributed by atoms with Crippen LogP contribution in [0.25, 0.3) is 0 Å². The zero-order valence-corrected chi connectivity index (χ0v) is 21.1. The third-order valence-corrected chi connectivity index (χ3v) is 7.04. The summed E-state index contributed by atoms with van der Waals surface area (Å²) < 4.78 is 6.67. The summed E-state index contributed by atoms with van der Waals surface area (Å²) in [6.45, 7) is 5.25. The van der Waals surface area contributed by atoms with Crippen LogP contribution < -0.4 is 0 Å². The lowest BCUT2D eigenvalue weighted by Gasteiger charge is -2.34. The fourth-order valence-corrected chi connectivity index (χ4v) is 4.91. The van der Waals surface area contributed by atoms with Crippen LogP contribution in [0.3, 0.4) is 0 Å². The molecule has 0 N–H and O–H groups in total. The normalized spacial score (nSPS) is 14.9. The first-order chi connectivity index (χ1) is 17.2. The van der Waals surface area contributed by atoms with Gasteiger partial charge in [-0.25, -0.2) is 0 Å². The van der Waals surface area contributed by atoms with Crippen molar-refractivity contribution in [1.82, 2.24) is 4.90 Å². The van der Waals surface area contributed by atoms with E-state index < -0.39 is 0 Å². The van der Waals surface area contributed by atoms with E-state index >= 15 is 0 Å². The molecule has 3 nitrogen and oxygen atoms in total. The molecular weight excluding hydrogens is 430 g/mol. The maximum absolute atomic E-state index is 12.6. The monoisotopic (exact) mass is 469 g/mol. The summed E-state index contributed by atoms with van der Waals surface area (Å²) >= 11 is 0. The van der Waals surface area contributed by atoms with Gasteiger partial charge in [-0.05, 0) is 55.3 Å². The van der Waals surface area contributed by atoms with Crippen molar-refractivity contribution in [3.05, 3.63) is 107 Å². The first-order valence-corrected chi connectivity index (χ1v) is 13.3. The summed E-state index contributed by atoms with van der Waals surface area (Å²) in [6.07, 6.45) is 7.32. The Labute approximate surface area is 211 Å². The van der Waals surface area contributed by atoms with Crippen LogP contribution in [0.15, 0.2) is 84.9 Å². The van der Waals surface area contributed by atoms with E-state index in [-0.39, 0.29) is 18.0 Å². The van der Waals surface area contributed by atoms with Gasteiger partial charge in [0, 0.05) is 25.1 Å². The third-order valence-electron chi connectivity index (χ3n) is 7.04. The average Bonchev–Trinajstić information content (AvgIpc) is 2.92. The minimum Gasteiger partial charge on any atom is -0.365 e. The number of hydrogen-bond acceptors (Lipinski definition) is 3. The number of ether oxygens (including phenoxy) is 1. The largest absolute Gasteiger partial charge is 0.365 e. The SMILES string of the molecule is CCCCc1ccc(C(=O)CCCN2CCC(OC(c3ccccc3)c3ccccc3)CC2)cc1. The summed E-state index contributed by atoms with van der Waals surface area (Å²) in [5.74, 6) is 0.263. The number of ketones is 1. The molecule has 1 fully saturated rings. The number of carbonyl (C=O) groups is 1. The first kappa shape index (κ1) is 25.3. The molecule has 1 saturated heterocycles. The van der Waals surface area contributed by atoms with Crippen LogP contribution in [-0.4, -0.2) is 36.4 Å². The first-order valence-electron chi connectivity index (χ1n) is 13.3. The van der Waals surface area contributed by atoms with Crippen LogP contribution in [0.4, 0.5) is 0 Å². The second-order valence-corrected chi connectivity index (χ2v) is 9.71. The van der Waals surface area contributed by atoms with Gasteiger partial charge in [-0.3, -0.25) is 4.79 Å². The highest BCUT2D eigenvalue weighted by molar-refractivity contribution is 5.96. The molecule has 1 heterocycles. The predicted molar refractivity (Wildman–Crippen MR) is 144 cm³/mol. The van der Waals surface area contributed by atoms with Crippen molar-refractivity contribution >= 4 is 5.78 Å². The zero-order chi connectivity index (χ0) is 24.3. The van der Waals surface area contributed by atoms with Crippen LogP contribution in [0.1, 0.15) is 78.6 Å². The molecule has 0 aromatic heterocycles. The number of carbonyl (C=O) groups excluding carboxylic acids is 1. The maximum atomic E-state index is 12.6. The number of Topliss-reactive ketones (excluding diaryl/α,β-unsaturated/α-hetero) is 1. The summed E-state index contributed by atoms with van der Waals surface area (Å²) in [7, 11) is 0. The highest BCUT2D eigenvalue weighted by Crippen LogP contribution is 2.30. The van der Waals surface area contributed by atoms with Crippen molar-refractivity contribution in [3.8, 4) is 0 Å². The lowest BCUT2D eigenvalue weighted by Crippen LogP contribution is -2.38. The second-order valence-electron chi connectivity index (χ2n) is 9.71. The van der Waals surface area contributed by atoms with E-state index in [2.05, 4.69) is 84.6 Å². The Balaban J connectivity index is 1.22. The second kappa shape index (κ2) is 13.4. The number of likely N-dealkylation sites (tertiary alicyclic amines) is 1. The molecule has 3 heteroatoms. The lowest BCUT2D eigenvalue weighted by atomic mass is 10.00. The molecule has 0 bridgehead atoms. The average molecular weight is 470 g/mol. The van der Waals surface area contributed by atoms with Crippen LogP contribution >= 0.6 is 0 Å². The minimum atomic E-state index is -0.0278. The van der Waals surface area contributed by atoms with Crippen LogP contribution in [-0.2, 0) is 11.2 Å². The van der Waals surface area contributed by atoms with Gasteiger partial charge in [0.25, 0.3) is 0 Å². The Bertz CT molecular complexity index is 969. The summed E-state index contributed by atoms with van der Waals surface area (Å²) in [5, 5.41) is 0. The molecule has 184 valence electrons. The van der Waals surface area contributed by atoms with E-state index in [4.69, 9.17) is 4.74 Å². The van der Waals surface area contributed by atoms with Crippen molar-refractivity contribution < 1.29 is 9.53 Å². The zero-order valence-electron chi connectivity index (χ0n) is 21.1. The van der Waals surface area contributed by atoms with Gasteiger partial charge in [0.1, 0.15) is 6.10 Å². The lowest BCUT2D eigenvalue weighted by molar-refractivity contribution is -0.0270. The molecule has 0 spiro atoms. The highest BCUT2D eigenvalue weighted by atomic mass is 16.5. The van der Waals surface area contributed by atoms with Crippen molar-refractivity contribution in [1.29, 1.82) is 0 Å². The number of unbranched alkanes of at least 4 members (excludes halogenated alkanes) is 1. The molecule has 0 unspecified atom stereocenters. The molecule has 0 aliphatic carbocycles. The van der Waals surface area contributed by atoms with Gasteiger partial charge in [0.05, 0.1) is 6.10 Å². The van der Waals surface area contributed by atoms with E-state index in [1.54, 1.807) is 0 Å². The number of nitrogens with zero attached hydrogens (tertiary/aromatic N) is 1. The molecule has 1 aliphatic heterocycles. The number of benzene rings is 3. The summed E-state index contributed by atoms with van der Waals surface area (Å²) in [6, 6.07) is 29.3. The quantitative estimate of drug-likeness (QED) is 0.261. The molecule has 3 aromatic carbocycles. The minimum absolute atomic E-state index is 0.0278. The number of piperidine rings is 1. The van der Waals surface area contributed by atoms with Gasteiger partial charge in [0.2, 0.25) is 0 Å². The molecule has 0 saturated carbocycles. The molecule has 35 heavy (non-hydrogen) atoms. The fourth-order valence-electron chi connectivity index (χ4n) is 4.91. The van der Waals surface area contributed by atoms with E-state index in [1.165, 1.54) is 29.5 Å². The Morgan fingerprint density at radius 3 is 2.03 bits per heavy atom. The number of rotatable bonds is 12. The topological polar surface area (TPSA) is 29.5 Å². The third kappa shape index (κ3) is 7.62. The van der Waals surface area contributed by atoms with Gasteiger partial charge >= 0.3 is 0 Å². The number of aryl methyl sites for hydroxylation is 1. The van der Waals surface area contributed by atoms with E-state index in [0.717, 1.165) is 50.9 Å². The molecule has 0 atom stereocenters. The van der Waals surface area contributed by atoms with Gasteiger partial charge in [-0.1, -0.05) is 98.3 Å². The Kier molecular flexibility index (Phi) is 9.68. The van der Waals surface area contributed by atoms with Crippen LogP contribution in [0.2, 0.25) is 0 Å². The standard InChI is InChI=1S/C32H39NO2/c1-2-3-11-26-17-19-27(20-18-26)31(34)16-10-23-33-24-21-30(22-25-33)35-32(28-12-6-4-7-13-28)29-14-8-5-9-15-29/h4-9,12-15,17-20,30,32H,2-3,10-11,16,21-25H2,1H3. The van der Waals surface area contributed by atoms with Crippen LogP contribution in [0.5, 0.6) is 0 Å². The van der Waals surface area contributed by atoms with Crippen LogP contribution in [0, 0.1) is 0 Å². The van der Waals surface area contributed by atoms with Gasteiger partial charge in [-0.15, -0.1) is 0 Å². The number of hydrogen-bond donors (Lipinski definition) is 0. The molecule has 3 aromatic rings. The van der Waals surface area contributed by atoms with E-state index in [0.29, 0.717) is 6.42 Å². The van der Waals surface area contributed by atoms with Gasteiger partial charge in [0.15, 0.2) is 5.78 Å². The van der Waals surface area contributed by atoms with E-state index in [1.807, 2.05) is 12.1 Å². The van der Waals surface area contributed by atoms with Crippen molar-refractivity contribution in [3.63, 3.8) is 0 Å². The Morgan fingerprint density at radius 2 is 1.46 bits per heavy atom. The molecule has 1 aliphatic rings. The molecular formula is C32H39NO2. The Morgan fingerprint density at radius 1 is 0.857 bits per heavy atom. The van der Waals surface area contributed by atoms with Crippen molar-refractivity contribution in [2.45, 2.75) is 64.1 Å². The maximum Gasteiger partial charge on any atom is 0.162 e. The smallest absolute Gasteiger partial charge is 0.162 e. The summed E-state index contributed by atoms with van der Waals surface area (Å²) in [5.41, 5.74) is 4.59. The van der Waals surface area contributed by atoms with E-state index in [9.17, 15) is 4.79 Å². The van der Waals surface area contributed by atoms with Gasteiger partial charge in [-0.2, -0.15) is 0 Å². The molecule has 0 radical (unpaired) electrons. The molecule has 4 rings (SSSR count). The predicted octanol–water partition coefficient (Wildman–Crippen LogP) is 7.26. The van der Waals surface area contributed by atoms with Gasteiger partial charge < -0.3 is 9.64 Å². The van der Waals surface area contributed by atoms with Crippen molar-refractivity contribution in [2.24, 2.45) is 0 Å².